The van der Waals surface area contributed by atoms with Crippen molar-refractivity contribution in [3.63, 3.8) is 0 Å². The lowest BCUT2D eigenvalue weighted by atomic mass is 9.99. The van der Waals surface area contributed by atoms with Gasteiger partial charge < -0.3 is 15.4 Å². The van der Waals surface area contributed by atoms with Crippen LogP contribution in [-0.4, -0.2) is 18.9 Å². The molecular formula is C27H24N2O3. The molecule has 0 saturated carbocycles. The molecule has 0 unspecified atom stereocenters. The topological polar surface area (TPSA) is 67.4 Å². The molecule has 2 amide bonds. The standard InChI is InChI=1S/C27H24N2O3/c1-18(22-15-8-10-19-9-3-4-13-23(19)22)28-26(30)20-11-7-12-21(17-20)29-27(31)24-14-5-6-16-25(24)32-2/h3-18H,1-2H3,(H,28,30)(H,29,31)/t18-/m0/s1. The van der Waals surface area contributed by atoms with Crippen molar-refractivity contribution in [2.75, 3.05) is 12.4 Å². The van der Waals surface area contributed by atoms with E-state index >= 15 is 0 Å². The molecule has 32 heavy (non-hydrogen) atoms. The highest BCUT2D eigenvalue weighted by Crippen LogP contribution is 2.25. The summed E-state index contributed by atoms with van der Waals surface area (Å²) in [6.45, 7) is 1.97. The van der Waals surface area contributed by atoms with Gasteiger partial charge in [-0.15, -0.1) is 0 Å². The third kappa shape index (κ3) is 4.47. The van der Waals surface area contributed by atoms with E-state index < -0.39 is 0 Å². The summed E-state index contributed by atoms with van der Waals surface area (Å²) in [6, 6.07) is 27.9. The van der Waals surface area contributed by atoms with Crippen LogP contribution in [0.3, 0.4) is 0 Å². The Labute approximate surface area is 187 Å². The van der Waals surface area contributed by atoms with Gasteiger partial charge in [0.25, 0.3) is 11.8 Å². The zero-order chi connectivity index (χ0) is 22.5. The van der Waals surface area contributed by atoms with Gasteiger partial charge in [0.1, 0.15) is 5.75 Å². The first-order valence-electron chi connectivity index (χ1n) is 10.4. The second kappa shape index (κ2) is 9.35. The fraction of sp³-hybridized carbons (Fsp3) is 0.111. The number of methoxy groups -OCH3 is 1. The number of nitrogens with one attached hydrogen (secondary N) is 2. The van der Waals surface area contributed by atoms with Gasteiger partial charge in [-0.05, 0) is 53.6 Å². The fourth-order valence-electron chi connectivity index (χ4n) is 3.75. The Hall–Kier alpha value is -4.12. The molecule has 0 radical (unpaired) electrons. The number of hydrogen-bond acceptors (Lipinski definition) is 3. The molecule has 0 aromatic heterocycles. The molecular weight excluding hydrogens is 400 g/mol. The molecule has 2 N–H and O–H groups in total. The van der Waals surface area contributed by atoms with E-state index in [0.29, 0.717) is 22.6 Å². The van der Waals surface area contributed by atoms with Crippen molar-refractivity contribution in [1.29, 1.82) is 0 Å². The lowest BCUT2D eigenvalue weighted by molar-refractivity contribution is 0.0939. The van der Waals surface area contributed by atoms with E-state index in [9.17, 15) is 9.59 Å². The lowest BCUT2D eigenvalue weighted by Crippen LogP contribution is -2.27. The molecule has 5 heteroatoms. The molecule has 5 nitrogen and oxygen atoms in total. The molecule has 4 rings (SSSR count). The third-order valence-electron chi connectivity index (χ3n) is 5.37. The van der Waals surface area contributed by atoms with Crippen LogP contribution < -0.4 is 15.4 Å². The van der Waals surface area contributed by atoms with Crippen LogP contribution in [-0.2, 0) is 0 Å². The van der Waals surface area contributed by atoms with Gasteiger partial charge in [0, 0.05) is 11.3 Å². The summed E-state index contributed by atoms with van der Waals surface area (Å²) in [4.78, 5) is 25.6. The number of anilines is 1. The van der Waals surface area contributed by atoms with Crippen LogP contribution in [0.15, 0.2) is 91.0 Å². The van der Waals surface area contributed by atoms with E-state index in [-0.39, 0.29) is 17.9 Å². The summed E-state index contributed by atoms with van der Waals surface area (Å²) in [6.07, 6.45) is 0. The largest absolute Gasteiger partial charge is 0.496 e. The first-order valence-corrected chi connectivity index (χ1v) is 10.4. The van der Waals surface area contributed by atoms with E-state index in [1.54, 1.807) is 48.5 Å². The van der Waals surface area contributed by atoms with Gasteiger partial charge in [-0.25, -0.2) is 0 Å². The van der Waals surface area contributed by atoms with Crippen molar-refractivity contribution in [3.05, 3.63) is 108 Å². The van der Waals surface area contributed by atoms with E-state index in [2.05, 4.69) is 28.8 Å². The van der Waals surface area contributed by atoms with Crippen LogP contribution in [0.2, 0.25) is 0 Å². The van der Waals surface area contributed by atoms with Gasteiger partial charge in [-0.2, -0.15) is 0 Å². The highest BCUT2D eigenvalue weighted by atomic mass is 16.5. The van der Waals surface area contributed by atoms with Gasteiger partial charge >= 0.3 is 0 Å². The Balaban J connectivity index is 1.50. The summed E-state index contributed by atoms with van der Waals surface area (Å²) in [7, 11) is 1.52. The third-order valence-corrected chi connectivity index (χ3v) is 5.37. The Morgan fingerprint density at radius 3 is 2.38 bits per heavy atom. The van der Waals surface area contributed by atoms with E-state index in [0.717, 1.165) is 16.3 Å². The van der Waals surface area contributed by atoms with Gasteiger partial charge in [0.05, 0.1) is 18.7 Å². The van der Waals surface area contributed by atoms with Crippen molar-refractivity contribution in [2.45, 2.75) is 13.0 Å². The number of carbonyl (C=O) groups is 2. The highest BCUT2D eigenvalue weighted by Gasteiger charge is 2.15. The molecule has 0 aliphatic rings. The molecule has 0 aliphatic carbocycles. The molecule has 0 heterocycles. The van der Waals surface area contributed by atoms with Crippen LogP contribution in [0.25, 0.3) is 10.8 Å². The van der Waals surface area contributed by atoms with Crippen molar-refractivity contribution >= 4 is 28.3 Å². The molecule has 4 aromatic rings. The van der Waals surface area contributed by atoms with Crippen LogP contribution in [0.4, 0.5) is 5.69 Å². The van der Waals surface area contributed by atoms with Crippen molar-refractivity contribution < 1.29 is 14.3 Å². The van der Waals surface area contributed by atoms with Gasteiger partial charge in [-0.3, -0.25) is 9.59 Å². The quantitative estimate of drug-likeness (QED) is 0.424. The summed E-state index contributed by atoms with van der Waals surface area (Å²) in [5.41, 5.74) is 2.48. The van der Waals surface area contributed by atoms with Crippen LogP contribution in [0.5, 0.6) is 5.75 Å². The number of rotatable bonds is 6. The Kier molecular flexibility index (Phi) is 6.17. The van der Waals surface area contributed by atoms with E-state index in [4.69, 9.17) is 4.74 Å². The lowest BCUT2D eigenvalue weighted by Gasteiger charge is -2.17. The molecule has 4 aromatic carbocycles. The second-order valence-corrected chi connectivity index (χ2v) is 7.50. The SMILES string of the molecule is COc1ccccc1C(=O)Nc1cccc(C(=O)N[C@@H](C)c2cccc3ccccc23)c1. The Morgan fingerprint density at radius 1 is 0.812 bits per heavy atom. The zero-order valence-electron chi connectivity index (χ0n) is 18.0. The number of fused-ring (bicyclic) bond motifs is 1. The summed E-state index contributed by atoms with van der Waals surface area (Å²) < 4.78 is 5.26. The second-order valence-electron chi connectivity index (χ2n) is 7.50. The first kappa shape index (κ1) is 21.1. The monoisotopic (exact) mass is 424 g/mol. The number of hydrogen-bond donors (Lipinski definition) is 2. The maximum atomic E-state index is 12.9. The fourth-order valence-corrected chi connectivity index (χ4v) is 3.75. The Bertz CT molecular complexity index is 1280. The molecule has 1 atom stereocenters. The summed E-state index contributed by atoms with van der Waals surface area (Å²) >= 11 is 0. The average Bonchev–Trinajstić information content (AvgIpc) is 2.83. The predicted octanol–water partition coefficient (Wildman–Crippen LogP) is 5.59. The predicted molar refractivity (Wildman–Crippen MR) is 127 cm³/mol. The maximum Gasteiger partial charge on any atom is 0.259 e. The summed E-state index contributed by atoms with van der Waals surface area (Å²) in [5, 5.41) is 8.15. The number of carbonyl (C=O) groups excluding carboxylic acids is 2. The maximum absolute atomic E-state index is 12.9. The molecule has 160 valence electrons. The van der Waals surface area contributed by atoms with Crippen LogP contribution in [0.1, 0.15) is 39.2 Å². The highest BCUT2D eigenvalue weighted by molar-refractivity contribution is 6.07. The molecule has 0 fully saturated rings. The average molecular weight is 425 g/mol. The van der Waals surface area contributed by atoms with E-state index in [1.807, 2.05) is 31.2 Å². The molecule has 0 bridgehead atoms. The minimum Gasteiger partial charge on any atom is -0.496 e. The van der Waals surface area contributed by atoms with Crippen molar-refractivity contribution in [3.8, 4) is 5.75 Å². The van der Waals surface area contributed by atoms with Crippen molar-refractivity contribution in [1.82, 2.24) is 5.32 Å². The first-order chi connectivity index (χ1) is 15.6. The van der Waals surface area contributed by atoms with Gasteiger partial charge in [-0.1, -0.05) is 60.7 Å². The van der Waals surface area contributed by atoms with E-state index in [1.165, 1.54) is 7.11 Å². The number of benzene rings is 4. The zero-order valence-corrected chi connectivity index (χ0v) is 18.0. The number of ether oxygens (including phenoxy) is 1. The number of amides is 2. The summed E-state index contributed by atoms with van der Waals surface area (Å²) in [5.74, 6) is -0.0224. The normalized spacial score (nSPS) is 11.6. The van der Waals surface area contributed by atoms with Crippen LogP contribution in [0, 0.1) is 0 Å². The minimum absolute atomic E-state index is 0.180. The molecule has 0 saturated heterocycles. The molecule has 0 spiro atoms. The minimum atomic E-state index is -0.302. The molecule has 0 aliphatic heterocycles. The Morgan fingerprint density at radius 2 is 1.53 bits per heavy atom. The smallest absolute Gasteiger partial charge is 0.259 e. The number of para-hydroxylation sites is 1. The van der Waals surface area contributed by atoms with Crippen LogP contribution >= 0.6 is 0 Å². The van der Waals surface area contributed by atoms with Gasteiger partial charge in [0.15, 0.2) is 0 Å². The van der Waals surface area contributed by atoms with Gasteiger partial charge in [0.2, 0.25) is 0 Å². The van der Waals surface area contributed by atoms with Crippen molar-refractivity contribution in [2.24, 2.45) is 0 Å².